The SMILES string of the molecule is O=C(CC[C@@H]1CCCO1)Nc1ccc2c(c1)OCO2. The average molecular weight is 263 g/mol. The van der Waals surface area contributed by atoms with Gasteiger partial charge >= 0.3 is 0 Å². The second kappa shape index (κ2) is 5.48. The first-order valence-corrected chi connectivity index (χ1v) is 6.62. The molecule has 5 heteroatoms. The summed E-state index contributed by atoms with van der Waals surface area (Å²) in [4.78, 5) is 11.8. The van der Waals surface area contributed by atoms with E-state index in [1.54, 1.807) is 12.1 Å². The molecule has 2 aliphatic rings. The molecule has 1 N–H and O–H groups in total. The van der Waals surface area contributed by atoms with Crippen molar-refractivity contribution in [2.75, 3.05) is 18.7 Å². The number of carbonyl (C=O) groups excluding carboxylic acids is 1. The number of fused-ring (bicyclic) bond motifs is 1. The third kappa shape index (κ3) is 2.98. The summed E-state index contributed by atoms with van der Waals surface area (Å²) in [5.74, 6) is 1.41. The van der Waals surface area contributed by atoms with Crippen LogP contribution < -0.4 is 14.8 Å². The van der Waals surface area contributed by atoms with Crippen LogP contribution in [-0.2, 0) is 9.53 Å². The molecule has 0 radical (unpaired) electrons. The van der Waals surface area contributed by atoms with E-state index in [1.165, 1.54) is 0 Å². The highest BCUT2D eigenvalue weighted by Gasteiger charge is 2.17. The summed E-state index contributed by atoms with van der Waals surface area (Å²) in [6.45, 7) is 1.07. The molecule has 1 aromatic carbocycles. The minimum Gasteiger partial charge on any atom is -0.454 e. The molecule has 0 unspecified atom stereocenters. The molecule has 0 bridgehead atoms. The van der Waals surface area contributed by atoms with Gasteiger partial charge in [-0.3, -0.25) is 4.79 Å². The summed E-state index contributed by atoms with van der Waals surface area (Å²) >= 11 is 0. The third-order valence-corrected chi connectivity index (χ3v) is 3.37. The second-order valence-electron chi connectivity index (χ2n) is 4.79. The van der Waals surface area contributed by atoms with Crippen LogP contribution in [0.3, 0.4) is 0 Å². The molecule has 0 aliphatic carbocycles. The lowest BCUT2D eigenvalue weighted by Crippen LogP contribution is -2.15. The Kier molecular flexibility index (Phi) is 3.55. The molecule has 0 saturated carbocycles. The molecule has 0 spiro atoms. The predicted octanol–water partition coefficient (Wildman–Crippen LogP) is 2.31. The lowest BCUT2D eigenvalue weighted by atomic mass is 10.1. The highest BCUT2D eigenvalue weighted by Crippen LogP contribution is 2.34. The van der Waals surface area contributed by atoms with Crippen LogP contribution in [0.2, 0.25) is 0 Å². The second-order valence-corrected chi connectivity index (χ2v) is 4.79. The number of carbonyl (C=O) groups is 1. The monoisotopic (exact) mass is 263 g/mol. The number of benzene rings is 1. The first kappa shape index (κ1) is 12.3. The fourth-order valence-corrected chi connectivity index (χ4v) is 2.36. The molecule has 5 nitrogen and oxygen atoms in total. The van der Waals surface area contributed by atoms with Crippen LogP contribution in [0.4, 0.5) is 5.69 Å². The lowest BCUT2D eigenvalue weighted by Gasteiger charge is -2.09. The van der Waals surface area contributed by atoms with E-state index >= 15 is 0 Å². The Hall–Kier alpha value is -1.75. The van der Waals surface area contributed by atoms with E-state index in [2.05, 4.69) is 5.32 Å². The van der Waals surface area contributed by atoms with Gasteiger partial charge in [-0.15, -0.1) is 0 Å². The summed E-state index contributed by atoms with van der Waals surface area (Å²) in [6.07, 6.45) is 3.70. The van der Waals surface area contributed by atoms with E-state index in [0.717, 1.165) is 37.3 Å². The summed E-state index contributed by atoms with van der Waals surface area (Å²) in [6, 6.07) is 5.40. The van der Waals surface area contributed by atoms with Crippen LogP contribution in [0.1, 0.15) is 25.7 Å². The Bertz CT molecular complexity index is 469. The van der Waals surface area contributed by atoms with Crippen molar-refractivity contribution < 1.29 is 19.0 Å². The van der Waals surface area contributed by atoms with Gasteiger partial charge in [0.15, 0.2) is 11.5 Å². The molecule has 1 fully saturated rings. The summed E-state index contributed by atoms with van der Waals surface area (Å²) in [7, 11) is 0. The van der Waals surface area contributed by atoms with Gasteiger partial charge in [0.25, 0.3) is 0 Å². The number of nitrogens with one attached hydrogen (secondary N) is 1. The molecule has 1 saturated heterocycles. The largest absolute Gasteiger partial charge is 0.454 e. The van der Waals surface area contributed by atoms with Crippen molar-refractivity contribution in [3.8, 4) is 11.5 Å². The van der Waals surface area contributed by atoms with Crippen LogP contribution in [0.5, 0.6) is 11.5 Å². The number of hydrogen-bond acceptors (Lipinski definition) is 4. The fourth-order valence-electron chi connectivity index (χ4n) is 2.36. The fraction of sp³-hybridized carbons (Fsp3) is 0.500. The first-order valence-electron chi connectivity index (χ1n) is 6.62. The summed E-state index contributed by atoms with van der Waals surface area (Å²) in [5.41, 5.74) is 0.738. The highest BCUT2D eigenvalue weighted by atomic mass is 16.7. The van der Waals surface area contributed by atoms with Gasteiger partial charge in [0.2, 0.25) is 12.7 Å². The Morgan fingerprint density at radius 2 is 2.21 bits per heavy atom. The van der Waals surface area contributed by atoms with Gasteiger partial charge < -0.3 is 19.5 Å². The first-order chi connectivity index (χ1) is 9.31. The maximum Gasteiger partial charge on any atom is 0.231 e. The zero-order valence-electron chi connectivity index (χ0n) is 10.7. The number of hydrogen-bond donors (Lipinski definition) is 1. The zero-order chi connectivity index (χ0) is 13.1. The molecule has 1 amide bonds. The van der Waals surface area contributed by atoms with Crippen LogP contribution >= 0.6 is 0 Å². The maximum absolute atomic E-state index is 11.8. The smallest absolute Gasteiger partial charge is 0.231 e. The normalized spacial score (nSPS) is 20.5. The third-order valence-electron chi connectivity index (χ3n) is 3.37. The molecule has 0 aromatic heterocycles. The van der Waals surface area contributed by atoms with Crippen LogP contribution in [0.25, 0.3) is 0 Å². The van der Waals surface area contributed by atoms with E-state index in [1.807, 2.05) is 6.07 Å². The van der Waals surface area contributed by atoms with Crippen molar-refractivity contribution in [3.05, 3.63) is 18.2 Å². The summed E-state index contributed by atoms with van der Waals surface area (Å²) < 4.78 is 16.0. The van der Waals surface area contributed by atoms with Gasteiger partial charge in [-0.2, -0.15) is 0 Å². The van der Waals surface area contributed by atoms with Crippen molar-refractivity contribution in [1.29, 1.82) is 0 Å². The minimum absolute atomic E-state index is 0.00867. The van der Waals surface area contributed by atoms with E-state index in [9.17, 15) is 4.79 Å². The van der Waals surface area contributed by atoms with Gasteiger partial charge in [0.1, 0.15) is 0 Å². The van der Waals surface area contributed by atoms with E-state index in [0.29, 0.717) is 12.2 Å². The van der Waals surface area contributed by atoms with Gasteiger partial charge in [0.05, 0.1) is 6.10 Å². The predicted molar refractivity (Wildman–Crippen MR) is 69.4 cm³/mol. The molecular formula is C14H17NO4. The van der Waals surface area contributed by atoms with Crippen LogP contribution in [-0.4, -0.2) is 25.4 Å². The highest BCUT2D eigenvalue weighted by molar-refractivity contribution is 5.91. The molecule has 3 rings (SSSR count). The van der Waals surface area contributed by atoms with Crippen molar-refractivity contribution in [3.63, 3.8) is 0 Å². The standard InChI is InChI=1S/C14H17NO4/c16-14(6-4-11-2-1-7-17-11)15-10-3-5-12-13(8-10)19-9-18-12/h3,5,8,11H,1-2,4,6-7,9H2,(H,15,16)/t11-/m0/s1. The Morgan fingerprint density at radius 1 is 1.32 bits per heavy atom. The Morgan fingerprint density at radius 3 is 3.05 bits per heavy atom. The van der Waals surface area contributed by atoms with Gasteiger partial charge in [-0.05, 0) is 31.4 Å². The molecule has 2 heterocycles. The maximum atomic E-state index is 11.8. The minimum atomic E-state index is 0.00867. The Balaban J connectivity index is 1.51. The van der Waals surface area contributed by atoms with E-state index < -0.39 is 0 Å². The topological polar surface area (TPSA) is 56.8 Å². The molecule has 2 aliphatic heterocycles. The lowest BCUT2D eigenvalue weighted by molar-refractivity contribution is -0.116. The molecule has 1 aromatic rings. The number of amides is 1. The van der Waals surface area contributed by atoms with Crippen molar-refractivity contribution in [2.45, 2.75) is 31.8 Å². The molecule has 19 heavy (non-hydrogen) atoms. The molecule has 1 atom stereocenters. The van der Waals surface area contributed by atoms with Gasteiger partial charge in [-0.1, -0.05) is 0 Å². The average Bonchev–Trinajstić information content (AvgIpc) is 3.07. The number of rotatable bonds is 4. The van der Waals surface area contributed by atoms with Gasteiger partial charge in [0, 0.05) is 24.8 Å². The Labute approximate surface area is 111 Å². The van der Waals surface area contributed by atoms with E-state index in [-0.39, 0.29) is 18.8 Å². The molecular weight excluding hydrogens is 246 g/mol. The van der Waals surface area contributed by atoms with Crippen molar-refractivity contribution in [2.24, 2.45) is 0 Å². The summed E-state index contributed by atoms with van der Waals surface area (Å²) in [5, 5.41) is 2.87. The van der Waals surface area contributed by atoms with Crippen LogP contribution in [0.15, 0.2) is 18.2 Å². The quantitative estimate of drug-likeness (QED) is 0.905. The zero-order valence-corrected chi connectivity index (χ0v) is 10.7. The number of anilines is 1. The molecule has 102 valence electrons. The number of ether oxygens (including phenoxy) is 3. The van der Waals surface area contributed by atoms with Gasteiger partial charge in [-0.25, -0.2) is 0 Å². The van der Waals surface area contributed by atoms with Crippen LogP contribution in [0, 0.1) is 0 Å². The van der Waals surface area contributed by atoms with Crippen molar-refractivity contribution >= 4 is 11.6 Å². The van der Waals surface area contributed by atoms with Crippen molar-refractivity contribution in [1.82, 2.24) is 0 Å². The van der Waals surface area contributed by atoms with E-state index in [4.69, 9.17) is 14.2 Å².